The first kappa shape index (κ1) is 13.4. The Morgan fingerprint density at radius 3 is 3.05 bits per heavy atom. The summed E-state index contributed by atoms with van der Waals surface area (Å²) in [6.45, 7) is 1.98. The summed E-state index contributed by atoms with van der Waals surface area (Å²) in [4.78, 5) is 24.0. The Bertz CT molecular complexity index is 557. The van der Waals surface area contributed by atoms with Crippen molar-refractivity contribution < 1.29 is 9.92 Å². The summed E-state index contributed by atoms with van der Waals surface area (Å²) >= 11 is 1.56. The molecule has 0 amide bonds. The molecule has 0 aliphatic heterocycles. The fourth-order valence-electron chi connectivity index (χ4n) is 1.69. The number of nitrogens with zero attached hydrogens (tertiary/aromatic N) is 3. The third-order valence-electron chi connectivity index (χ3n) is 2.54. The molecule has 2 rings (SSSR count). The van der Waals surface area contributed by atoms with Crippen LogP contribution in [-0.4, -0.2) is 21.7 Å². The highest BCUT2D eigenvalue weighted by Gasteiger charge is 2.09. The van der Waals surface area contributed by atoms with Crippen LogP contribution in [0.2, 0.25) is 0 Å². The Morgan fingerprint density at radius 1 is 1.53 bits per heavy atom. The lowest BCUT2D eigenvalue weighted by molar-refractivity contribution is -0.757. The molecule has 2 aromatic rings. The van der Waals surface area contributed by atoms with Crippen LogP contribution in [0.1, 0.15) is 21.1 Å². The molecule has 0 fully saturated rings. The average Bonchev–Trinajstić information content (AvgIpc) is 2.70. The van der Waals surface area contributed by atoms with E-state index >= 15 is 0 Å². The Kier molecular flexibility index (Phi) is 4.40. The van der Waals surface area contributed by atoms with Crippen molar-refractivity contribution in [2.75, 3.05) is 6.61 Å². The molecule has 0 N–H and O–H groups in total. The zero-order valence-electron chi connectivity index (χ0n) is 10.4. The molecule has 2 heterocycles. The second-order valence-electron chi connectivity index (χ2n) is 3.96. The lowest BCUT2D eigenvalue weighted by atomic mass is 10.2. The van der Waals surface area contributed by atoms with Crippen molar-refractivity contribution in [3.8, 4) is 0 Å². The lowest BCUT2D eigenvalue weighted by Gasteiger charge is -1.97. The molecule has 7 heteroatoms. The molecular formula is C12H13N3O3S. The van der Waals surface area contributed by atoms with Crippen LogP contribution in [0.4, 0.5) is 0 Å². The van der Waals surface area contributed by atoms with Crippen LogP contribution in [0.5, 0.6) is 0 Å². The highest BCUT2D eigenvalue weighted by Crippen LogP contribution is 2.21. The summed E-state index contributed by atoms with van der Waals surface area (Å²) in [7, 11) is 0. The third kappa shape index (κ3) is 3.99. The first-order chi connectivity index (χ1) is 9.15. The normalized spacial score (nSPS) is 10.4. The van der Waals surface area contributed by atoms with Crippen molar-refractivity contribution in [2.45, 2.75) is 19.8 Å². The molecule has 0 saturated carbocycles. The van der Waals surface area contributed by atoms with Crippen LogP contribution >= 0.6 is 11.3 Å². The van der Waals surface area contributed by atoms with Gasteiger partial charge in [0.1, 0.15) is 6.61 Å². The summed E-state index contributed by atoms with van der Waals surface area (Å²) in [5.41, 5.74) is 2.01. The van der Waals surface area contributed by atoms with E-state index in [-0.39, 0.29) is 6.61 Å². The van der Waals surface area contributed by atoms with Crippen LogP contribution in [0.25, 0.3) is 0 Å². The number of pyridine rings is 1. The second kappa shape index (κ2) is 6.24. The molecule has 0 aliphatic rings. The number of hydrogen-bond donors (Lipinski definition) is 0. The smallest absolute Gasteiger partial charge is 0.294 e. The first-order valence-electron chi connectivity index (χ1n) is 5.76. The Hall–Kier alpha value is -2.02. The van der Waals surface area contributed by atoms with Gasteiger partial charge in [0.2, 0.25) is 0 Å². The van der Waals surface area contributed by atoms with Crippen molar-refractivity contribution in [2.24, 2.45) is 0 Å². The molecule has 0 atom stereocenters. The summed E-state index contributed by atoms with van der Waals surface area (Å²) in [6.07, 6.45) is 4.79. The number of hydrogen-bond acceptors (Lipinski definition) is 6. The fourth-order valence-corrected chi connectivity index (χ4v) is 2.77. The monoisotopic (exact) mass is 279 g/mol. The van der Waals surface area contributed by atoms with E-state index in [4.69, 9.17) is 0 Å². The maximum absolute atomic E-state index is 10.1. The predicted molar refractivity (Wildman–Crippen MR) is 70.5 cm³/mol. The third-order valence-corrected chi connectivity index (χ3v) is 3.76. The van der Waals surface area contributed by atoms with Crippen molar-refractivity contribution >= 4 is 11.3 Å². The van der Waals surface area contributed by atoms with Gasteiger partial charge in [0, 0.05) is 30.1 Å². The van der Waals surface area contributed by atoms with Gasteiger partial charge in [-0.15, -0.1) is 21.5 Å². The van der Waals surface area contributed by atoms with E-state index in [0.717, 1.165) is 27.6 Å². The van der Waals surface area contributed by atoms with Crippen LogP contribution in [0.3, 0.4) is 0 Å². The highest BCUT2D eigenvalue weighted by atomic mass is 32.1. The summed E-state index contributed by atoms with van der Waals surface area (Å²) in [5.74, 6) is 0. The predicted octanol–water partition coefficient (Wildman–Crippen LogP) is 2.19. The molecule has 6 nitrogen and oxygen atoms in total. The molecule has 0 saturated heterocycles. The van der Waals surface area contributed by atoms with E-state index < -0.39 is 5.09 Å². The molecule has 0 aliphatic carbocycles. The van der Waals surface area contributed by atoms with Gasteiger partial charge in [-0.25, -0.2) is 4.98 Å². The van der Waals surface area contributed by atoms with Crippen LogP contribution in [0.15, 0.2) is 24.5 Å². The molecular weight excluding hydrogens is 266 g/mol. The van der Waals surface area contributed by atoms with Crippen molar-refractivity contribution in [1.82, 2.24) is 9.97 Å². The number of aromatic nitrogens is 2. The summed E-state index contributed by atoms with van der Waals surface area (Å²) < 4.78 is 0. The summed E-state index contributed by atoms with van der Waals surface area (Å²) in [6, 6.07) is 3.89. The minimum atomic E-state index is -0.771. The van der Waals surface area contributed by atoms with Gasteiger partial charge < -0.3 is 4.84 Å². The minimum absolute atomic E-state index is 0.0718. The highest BCUT2D eigenvalue weighted by molar-refractivity contribution is 7.11. The molecule has 0 aromatic carbocycles. The van der Waals surface area contributed by atoms with Gasteiger partial charge in [-0.1, -0.05) is 6.07 Å². The van der Waals surface area contributed by atoms with Gasteiger partial charge in [0.15, 0.2) is 0 Å². The van der Waals surface area contributed by atoms with Gasteiger partial charge in [0.05, 0.1) is 10.7 Å². The fraction of sp³-hybridized carbons (Fsp3) is 0.333. The number of thiazole rings is 1. The van der Waals surface area contributed by atoms with Crippen LogP contribution in [-0.2, 0) is 17.7 Å². The van der Waals surface area contributed by atoms with Crippen molar-refractivity contribution in [1.29, 1.82) is 0 Å². The van der Waals surface area contributed by atoms with E-state index in [1.54, 1.807) is 17.5 Å². The molecule has 0 radical (unpaired) electrons. The second-order valence-corrected chi connectivity index (χ2v) is 5.13. The topological polar surface area (TPSA) is 78.2 Å². The van der Waals surface area contributed by atoms with Crippen molar-refractivity contribution in [3.05, 3.63) is 55.8 Å². The van der Waals surface area contributed by atoms with Gasteiger partial charge in [-0.2, -0.15) is 0 Å². The average molecular weight is 279 g/mol. The standard InChI is InChI=1S/C12H13N3O3S/c1-9-11(4-6-18-15(16)17)19-12(14-9)7-10-3-2-5-13-8-10/h2-3,5,8H,4,6-7H2,1H3. The Balaban J connectivity index is 1.98. The molecule has 0 bridgehead atoms. The van der Waals surface area contributed by atoms with Gasteiger partial charge in [0.25, 0.3) is 5.09 Å². The zero-order chi connectivity index (χ0) is 13.7. The van der Waals surface area contributed by atoms with Crippen LogP contribution < -0.4 is 0 Å². The van der Waals surface area contributed by atoms with E-state index in [2.05, 4.69) is 14.8 Å². The minimum Gasteiger partial charge on any atom is -0.314 e. The van der Waals surface area contributed by atoms with Crippen LogP contribution in [0, 0.1) is 17.0 Å². The molecule has 0 spiro atoms. The Labute approximate surface area is 114 Å². The molecule has 100 valence electrons. The maximum atomic E-state index is 10.1. The van der Waals surface area contributed by atoms with E-state index in [1.807, 2.05) is 25.3 Å². The van der Waals surface area contributed by atoms with Gasteiger partial charge in [-0.3, -0.25) is 4.98 Å². The van der Waals surface area contributed by atoms with Gasteiger partial charge >= 0.3 is 0 Å². The largest absolute Gasteiger partial charge is 0.314 e. The Morgan fingerprint density at radius 2 is 2.37 bits per heavy atom. The number of aryl methyl sites for hydroxylation is 1. The maximum Gasteiger partial charge on any atom is 0.294 e. The first-order valence-corrected chi connectivity index (χ1v) is 6.58. The quantitative estimate of drug-likeness (QED) is 0.598. The number of rotatable bonds is 6. The molecule has 0 unspecified atom stereocenters. The van der Waals surface area contributed by atoms with Gasteiger partial charge in [-0.05, 0) is 18.6 Å². The molecule has 2 aromatic heterocycles. The van der Waals surface area contributed by atoms with E-state index in [1.165, 1.54) is 0 Å². The van der Waals surface area contributed by atoms with E-state index in [0.29, 0.717) is 6.42 Å². The van der Waals surface area contributed by atoms with E-state index in [9.17, 15) is 10.1 Å². The lowest BCUT2D eigenvalue weighted by Crippen LogP contribution is -2.04. The molecule has 19 heavy (non-hydrogen) atoms. The SMILES string of the molecule is Cc1nc(Cc2cccnc2)sc1CCO[N+](=O)[O-]. The van der Waals surface area contributed by atoms with Crippen molar-refractivity contribution in [3.63, 3.8) is 0 Å². The summed E-state index contributed by atoms with van der Waals surface area (Å²) in [5, 5.41) is 10.3. The zero-order valence-corrected chi connectivity index (χ0v) is 11.2.